The summed E-state index contributed by atoms with van der Waals surface area (Å²) in [4.78, 5) is 25.6. The van der Waals surface area contributed by atoms with Crippen molar-refractivity contribution in [2.24, 2.45) is 0 Å². The SMILES string of the molecule is CNc1nc(N[C@@H]2CCN(C(C)=O)CC2(F)F)nn2ccc(-c3ccc4nc(C)n(CC(F)(F)F)c4n3)c12. The molecular weight excluding hydrogens is 513 g/mol. The lowest BCUT2D eigenvalue weighted by Gasteiger charge is -2.38. The maximum atomic E-state index is 14.7. The van der Waals surface area contributed by atoms with Crippen LogP contribution in [0.25, 0.3) is 27.9 Å². The summed E-state index contributed by atoms with van der Waals surface area (Å²) in [5, 5.41) is 9.94. The Hall–Kier alpha value is -4.04. The number of nitrogens with zero attached hydrogens (tertiary/aromatic N) is 7. The predicted octanol–water partition coefficient (Wildman–Crippen LogP) is 3.72. The van der Waals surface area contributed by atoms with Crippen LogP contribution in [0.4, 0.5) is 33.7 Å². The first kappa shape index (κ1) is 25.6. The highest BCUT2D eigenvalue weighted by Gasteiger charge is 2.45. The molecule has 5 rings (SSSR count). The highest BCUT2D eigenvalue weighted by atomic mass is 19.4. The van der Waals surface area contributed by atoms with Crippen molar-refractivity contribution in [1.82, 2.24) is 34.0 Å². The van der Waals surface area contributed by atoms with Gasteiger partial charge in [-0.25, -0.2) is 23.3 Å². The average molecular weight is 537 g/mol. The van der Waals surface area contributed by atoms with Crippen molar-refractivity contribution < 1.29 is 26.7 Å². The van der Waals surface area contributed by atoms with E-state index in [4.69, 9.17) is 0 Å². The molecule has 10 nitrogen and oxygen atoms in total. The average Bonchev–Trinajstić information content (AvgIpc) is 3.39. The third-order valence-electron chi connectivity index (χ3n) is 6.49. The number of hydrogen-bond donors (Lipinski definition) is 2. The van der Waals surface area contributed by atoms with Gasteiger partial charge in [0.15, 0.2) is 11.5 Å². The van der Waals surface area contributed by atoms with E-state index in [1.807, 2.05) is 0 Å². The number of carbonyl (C=O) groups excluding carboxylic acids is 1. The highest BCUT2D eigenvalue weighted by Crippen LogP contribution is 2.33. The number of anilines is 2. The van der Waals surface area contributed by atoms with Gasteiger partial charge in [-0.05, 0) is 31.5 Å². The number of imidazole rings is 1. The Morgan fingerprint density at radius 1 is 1.18 bits per heavy atom. The Labute approximate surface area is 212 Å². The molecular formula is C23H24F5N9O. The fourth-order valence-electron chi connectivity index (χ4n) is 4.64. The lowest BCUT2D eigenvalue weighted by atomic mass is 10.0. The number of fused-ring (bicyclic) bond motifs is 2. The number of likely N-dealkylation sites (tertiary alicyclic amines) is 1. The van der Waals surface area contributed by atoms with Gasteiger partial charge in [0.2, 0.25) is 11.9 Å². The summed E-state index contributed by atoms with van der Waals surface area (Å²) < 4.78 is 71.3. The van der Waals surface area contributed by atoms with E-state index >= 15 is 0 Å². The molecule has 2 N–H and O–H groups in total. The van der Waals surface area contributed by atoms with E-state index < -0.39 is 37.1 Å². The molecule has 15 heteroatoms. The zero-order valence-corrected chi connectivity index (χ0v) is 20.6. The van der Waals surface area contributed by atoms with Crippen LogP contribution in [0.5, 0.6) is 0 Å². The van der Waals surface area contributed by atoms with Gasteiger partial charge in [0.1, 0.15) is 23.4 Å². The Morgan fingerprint density at radius 2 is 1.95 bits per heavy atom. The first-order valence-corrected chi connectivity index (χ1v) is 11.7. The summed E-state index contributed by atoms with van der Waals surface area (Å²) in [6.45, 7) is 0.985. The van der Waals surface area contributed by atoms with Crippen LogP contribution in [0.1, 0.15) is 19.2 Å². The van der Waals surface area contributed by atoms with Crippen LogP contribution in [0.3, 0.4) is 0 Å². The zero-order chi connectivity index (χ0) is 27.4. The molecule has 0 spiro atoms. The van der Waals surface area contributed by atoms with Crippen LogP contribution >= 0.6 is 0 Å². The number of hydrogen-bond acceptors (Lipinski definition) is 7. The molecule has 0 aliphatic carbocycles. The number of piperidine rings is 1. The Balaban J connectivity index is 1.50. The van der Waals surface area contributed by atoms with E-state index in [1.165, 1.54) is 18.4 Å². The van der Waals surface area contributed by atoms with E-state index in [2.05, 4.69) is 30.7 Å². The third kappa shape index (κ3) is 4.67. The second-order valence-corrected chi connectivity index (χ2v) is 9.14. The van der Waals surface area contributed by atoms with E-state index in [9.17, 15) is 26.7 Å². The Kier molecular flexibility index (Phi) is 6.10. The van der Waals surface area contributed by atoms with Gasteiger partial charge in [-0.2, -0.15) is 18.2 Å². The lowest BCUT2D eigenvalue weighted by Crippen LogP contribution is -2.55. The summed E-state index contributed by atoms with van der Waals surface area (Å²) in [5.41, 5.74) is 1.77. The smallest absolute Gasteiger partial charge is 0.371 e. The van der Waals surface area contributed by atoms with Gasteiger partial charge >= 0.3 is 6.18 Å². The first-order valence-electron chi connectivity index (χ1n) is 11.7. The van der Waals surface area contributed by atoms with Gasteiger partial charge < -0.3 is 20.1 Å². The van der Waals surface area contributed by atoms with Gasteiger partial charge in [0.05, 0.1) is 18.3 Å². The van der Waals surface area contributed by atoms with Crippen LogP contribution in [0.2, 0.25) is 0 Å². The van der Waals surface area contributed by atoms with Gasteiger partial charge in [-0.15, -0.1) is 5.10 Å². The van der Waals surface area contributed by atoms with Crippen molar-refractivity contribution in [2.45, 2.75) is 45.0 Å². The van der Waals surface area contributed by atoms with Crippen molar-refractivity contribution in [2.75, 3.05) is 30.8 Å². The number of aryl methyl sites for hydroxylation is 1. The summed E-state index contributed by atoms with van der Waals surface area (Å²) in [7, 11) is 1.60. The lowest BCUT2D eigenvalue weighted by molar-refractivity contribution is -0.141. The van der Waals surface area contributed by atoms with Crippen LogP contribution in [-0.2, 0) is 11.3 Å². The normalized spacial score (nSPS) is 17.8. The van der Waals surface area contributed by atoms with E-state index in [1.54, 1.807) is 31.4 Å². The van der Waals surface area contributed by atoms with E-state index in [0.29, 0.717) is 28.1 Å². The molecule has 1 amide bonds. The molecule has 0 saturated carbocycles. The molecule has 38 heavy (non-hydrogen) atoms. The highest BCUT2D eigenvalue weighted by molar-refractivity contribution is 5.89. The minimum absolute atomic E-state index is 0.00868. The minimum atomic E-state index is -4.45. The molecule has 1 aliphatic heterocycles. The quantitative estimate of drug-likeness (QED) is 0.374. The van der Waals surface area contributed by atoms with Gasteiger partial charge in [-0.1, -0.05) is 0 Å². The number of halogens is 5. The van der Waals surface area contributed by atoms with Crippen LogP contribution < -0.4 is 10.6 Å². The number of pyridine rings is 1. The van der Waals surface area contributed by atoms with E-state index in [-0.39, 0.29) is 30.4 Å². The molecule has 1 saturated heterocycles. The fourth-order valence-corrected chi connectivity index (χ4v) is 4.64. The van der Waals surface area contributed by atoms with Gasteiger partial charge in [-0.3, -0.25) is 4.79 Å². The topological polar surface area (TPSA) is 105 Å². The molecule has 0 unspecified atom stereocenters. The molecule has 202 valence electrons. The van der Waals surface area contributed by atoms with Crippen LogP contribution in [0, 0.1) is 6.92 Å². The van der Waals surface area contributed by atoms with E-state index in [0.717, 1.165) is 9.47 Å². The maximum absolute atomic E-state index is 14.7. The number of amides is 1. The second-order valence-electron chi connectivity index (χ2n) is 9.14. The third-order valence-corrected chi connectivity index (χ3v) is 6.49. The molecule has 1 aliphatic rings. The molecule has 5 heterocycles. The number of nitrogens with one attached hydrogen (secondary N) is 2. The number of alkyl halides is 5. The Morgan fingerprint density at radius 3 is 2.61 bits per heavy atom. The largest absolute Gasteiger partial charge is 0.406 e. The number of rotatable bonds is 5. The predicted molar refractivity (Wildman–Crippen MR) is 129 cm³/mol. The zero-order valence-electron chi connectivity index (χ0n) is 20.6. The first-order chi connectivity index (χ1) is 17.9. The van der Waals surface area contributed by atoms with Gasteiger partial charge in [0, 0.05) is 32.3 Å². The summed E-state index contributed by atoms with van der Waals surface area (Å²) in [6, 6.07) is 3.61. The Bertz CT molecular complexity index is 1530. The molecule has 1 fully saturated rings. The van der Waals surface area contributed by atoms with Crippen molar-refractivity contribution >= 4 is 34.4 Å². The summed E-state index contributed by atoms with van der Waals surface area (Å²) in [5.74, 6) is -3.17. The van der Waals surface area contributed by atoms with Gasteiger partial charge in [0.25, 0.3) is 5.92 Å². The summed E-state index contributed by atoms with van der Waals surface area (Å²) in [6.07, 6.45) is -2.86. The van der Waals surface area contributed by atoms with Crippen molar-refractivity contribution in [3.63, 3.8) is 0 Å². The molecule has 4 aromatic rings. The maximum Gasteiger partial charge on any atom is 0.406 e. The fraction of sp³-hybridized carbons (Fsp3) is 0.435. The number of aromatic nitrogens is 6. The van der Waals surface area contributed by atoms with Crippen molar-refractivity contribution in [1.29, 1.82) is 0 Å². The second kappa shape index (κ2) is 9.06. The monoisotopic (exact) mass is 537 g/mol. The molecule has 0 aromatic carbocycles. The standard InChI is InChI=1S/C23H24F5N9O/c1-12-30-16-5-4-15(31-20(16)36(12)11-23(26,27)28)14-6-9-37-18(14)19(29-3)33-21(34-37)32-17-7-8-35(13(2)38)10-22(17,24)25/h4-6,9,17H,7-8,10-11H2,1-3H3,(H2,29,32,33,34)/t17-/m1/s1. The van der Waals surface area contributed by atoms with Crippen LogP contribution in [-0.4, -0.2) is 78.2 Å². The summed E-state index contributed by atoms with van der Waals surface area (Å²) >= 11 is 0. The molecule has 4 aromatic heterocycles. The minimum Gasteiger partial charge on any atom is -0.371 e. The molecule has 0 bridgehead atoms. The van der Waals surface area contributed by atoms with Crippen LogP contribution in [0.15, 0.2) is 24.4 Å². The van der Waals surface area contributed by atoms with Crippen molar-refractivity contribution in [3.05, 3.63) is 30.2 Å². The molecule has 1 atom stereocenters. The van der Waals surface area contributed by atoms with Crippen molar-refractivity contribution in [3.8, 4) is 11.3 Å². The number of carbonyl (C=O) groups is 1. The molecule has 0 radical (unpaired) electrons.